The molecule has 1 radical (unpaired) electrons. The summed E-state index contributed by atoms with van der Waals surface area (Å²) in [4.78, 5) is 2.34. The fourth-order valence-corrected chi connectivity index (χ4v) is 1.89. The molecule has 79 valence electrons. The Kier molecular flexibility index (Phi) is 3.32. The minimum absolute atomic E-state index is 0.593. The van der Waals surface area contributed by atoms with Crippen molar-refractivity contribution in [2.75, 3.05) is 13.2 Å². The van der Waals surface area contributed by atoms with Crippen LogP contribution in [-0.4, -0.2) is 25.4 Å². The highest BCUT2D eigenvalue weighted by Crippen LogP contribution is 2.22. The van der Waals surface area contributed by atoms with E-state index in [1.165, 1.54) is 5.56 Å². The van der Waals surface area contributed by atoms with Crippen molar-refractivity contribution in [3.63, 3.8) is 0 Å². The molecule has 0 saturated heterocycles. The second-order valence-electron chi connectivity index (χ2n) is 4.32. The van der Waals surface area contributed by atoms with Gasteiger partial charge in [0.1, 0.15) is 5.75 Å². The van der Waals surface area contributed by atoms with Gasteiger partial charge in [-0.25, -0.2) is 0 Å². The highest BCUT2D eigenvalue weighted by molar-refractivity contribution is 6.33. The van der Waals surface area contributed by atoms with Crippen LogP contribution in [0.3, 0.4) is 0 Å². The quantitative estimate of drug-likeness (QED) is 0.682. The first-order valence-electron chi connectivity index (χ1n) is 5.55. The van der Waals surface area contributed by atoms with Gasteiger partial charge in [-0.2, -0.15) is 0 Å². The molecule has 0 fully saturated rings. The van der Waals surface area contributed by atoms with Gasteiger partial charge in [0, 0.05) is 18.7 Å². The summed E-state index contributed by atoms with van der Waals surface area (Å²) >= 11 is 0. The van der Waals surface area contributed by atoms with Gasteiger partial charge in [-0.15, -0.1) is 0 Å². The summed E-state index contributed by atoms with van der Waals surface area (Å²) in [6.07, 6.45) is 0. The van der Waals surface area contributed by atoms with Gasteiger partial charge in [0.25, 0.3) is 0 Å². The predicted octanol–water partition coefficient (Wildman–Crippen LogP) is 2.33. The van der Waals surface area contributed by atoms with Crippen molar-refractivity contribution in [2.45, 2.75) is 26.2 Å². The Hall–Kier alpha value is -0.955. The van der Waals surface area contributed by atoms with Crippen LogP contribution in [-0.2, 0) is 6.54 Å². The second kappa shape index (κ2) is 4.71. The number of fused-ring (bicyclic) bond motifs is 1. The monoisotopic (exact) mass is 202 g/mol. The number of hydrogen-bond donors (Lipinski definition) is 0. The average molecular weight is 202 g/mol. The van der Waals surface area contributed by atoms with Gasteiger partial charge in [-0.1, -0.05) is 37.9 Å². The molecule has 1 aliphatic heterocycles. The third kappa shape index (κ3) is 2.75. The molecule has 2 rings (SSSR count). The van der Waals surface area contributed by atoms with E-state index in [0.717, 1.165) is 25.4 Å². The summed E-state index contributed by atoms with van der Waals surface area (Å²) in [6, 6.07) is 8.29. The molecule has 0 unspecified atom stereocenters. The number of ether oxygens (including phenoxy) is 1. The average Bonchev–Trinajstić information content (AvgIpc) is 2.38. The summed E-state index contributed by atoms with van der Waals surface area (Å²) in [5.41, 5.74) is 1.28. The van der Waals surface area contributed by atoms with E-state index in [0.29, 0.717) is 5.82 Å². The van der Waals surface area contributed by atoms with Crippen LogP contribution >= 0.6 is 0 Å². The van der Waals surface area contributed by atoms with Crippen LogP contribution in [0.5, 0.6) is 5.75 Å². The van der Waals surface area contributed by atoms with E-state index in [-0.39, 0.29) is 0 Å². The van der Waals surface area contributed by atoms with Crippen LogP contribution < -0.4 is 4.74 Å². The molecule has 3 heteroatoms. The van der Waals surface area contributed by atoms with Crippen LogP contribution in [0.15, 0.2) is 24.3 Å². The minimum Gasteiger partial charge on any atom is -0.492 e. The molecule has 0 atom stereocenters. The van der Waals surface area contributed by atoms with E-state index >= 15 is 0 Å². The summed E-state index contributed by atoms with van der Waals surface area (Å²) in [5, 5.41) is 0. The molecule has 0 bridgehead atoms. The Morgan fingerprint density at radius 2 is 2.13 bits per heavy atom. The zero-order valence-corrected chi connectivity index (χ0v) is 9.44. The summed E-state index contributed by atoms with van der Waals surface area (Å²) < 4.78 is 5.70. The minimum atomic E-state index is 0.593. The van der Waals surface area contributed by atoms with E-state index < -0.39 is 0 Å². The molecule has 0 spiro atoms. The van der Waals surface area contributed by atoms with Crippen LogP contribution in [0, 0.1) is 0 Å². The molecule has 1 aromatic carbocycles. The fraction of sp³-hybridized carbons (Fsp3) is 0.500. The molecular weight excluding hydrogens is 185 g/mol. The van der Waals surface area contributed by atoms with Crippen molar-refractivity contribution in [1.82, 2.24) is 4.81 Å². The fourth-order valence-electron chi connectivity index (χ4n) is 1.89. The second-order valence-corrected chi connectivity index (χ2v) is 4.32. The lowest BCUT2D eigenvalue weighted by molar-refractivity contribution is 0.295. The smallest absolute Gasteiger partial charge is 0.211 e. The number of hydrogen-bond acceptors (Lipinski definition) is 2. The zero-order valence-electron chi connectivity index (χ0n) is 9.44. The van der Waals surface area contributed by atoms with E-state index in [4.69, 9.17) is 4.74 Å². The maximum atomic E-state index is 5.70. The Morgan fingerprint density at radius 1 is 1.33 bits per heavy atom. The van der Waals surface area contributed by atoms with Gasteiger partial charge in [-0.05, 0) is 6.07 Å². The van der Waals surface area contributed by atoms with Gasteiger partial charge >= 0.3 is 0 Å². The molecule has 15 heavy (non-hydrogen) atoms. The van der Waals surface area contributed by atoms with Gasteiger partial charge in [0.2, 0.25) is 7.41 Å². The topological polar surface area (TPSA) is 12.5 Å². The number of benzene rings is 1. The Balaban J connectivity index is 2.10. The van der Waals surface area contributed by atoms with Crippen molar-refractivity contribution < 1.29 is 4.74 Å². The van der Waals surface area contributed by atoms with Crippen LogP contribution in [0.4, 0.5) is 0 Å². The molecule has 0 amide bonds. The van der Waals surface area contributed by atoms with Crippen molar-refractivity contribution in [3.05, 3.63) is 29.8 Å². The number of rotatable bonds is 2. The largest absolute Gasteiger partial charge is 0.492 e. The first-order chi connectivity index (χ1) is 7.25. The standard InChI is InChI=1S/C12H17BNO/c1-10(2)13-14-7-8-15-12-6-4-3-5-11(12)9-14/h3-6,10H,7-9H2,1-2H3. The van der Waals surface area contributed by atoms with E-state index in [1.54, 1.807) is 0 Å². The zero-order chi connectivity index (χ0) is 10.7. The van der Waals surface area contributed by atoms with Crippen molar-refractivity contribution in [3.8, 4) is 5.75 Å². The van der Waals surface area contributed by atoms with Gasteiger partial charge in [0.05, 0.1) is 6.61 Å². The van der Waals surface area contributed by atoms with Crippen molar-refractivity contribution in [1.29, 1.82) is 0 Å². The van der Waals surface area contributed by atoms with Crippen LogP contribution in [0.25, 0.3) is 0 Å². The van der Waals surface area contributed by atoms with Crippen molar-refractivity contribution >= 4 is 7.41 Å². The molecule has 0 aliphatic carbocycles. The number of para-hydroxylation sites is 1. The van der Waals surface area contributed by atoms with E-state index in [2.05, 4.69) is 38.2 Å². The van der Waals surface area contributed by atoms with Gasteiger partial charge in [0.15, 0.2) is 0 Å². The molecule has 0 aromatic heterocycles. The van der Waals surface area contributed by atoms with E-state index in [9.17, 15) is 0 Å². The molecule has 2 nitrogen and oxygen atoms in total. The SMILES string of the molecule is CC(C)[B]N1CCOc2ccccc2C1. The van der Waals surface area contributed by atoms with Crippen molar-refractivity contribution in [2.24, 2.45) is 0 Å². The van der Waals surface area contributed by atoms with Gasteiger partial charge in [-0.3, -0.25) is 0 Å². The van der Waals surface area contributed by atoms with Crippen LogP contribution in [0.1, 0.15) is 19.4 Å². The molecule has 0 N–H and O–H groups in total. The molecule has 1 aliphatic rings. The highest BCUT2D eigenvalue weighted by Gasteiger charge is 2.16. The maximum Gasteiger partial charge on any atom is 0.211 e. The normalized spacial score (nSPS) is 16.7. The molecule has 0 saturated carbocycles. The number of nitrogens with zero attached hydrogens (tertiary/aromatic N) is 1. The Labute approximate surface area is 92.5 Å². The van der Waals surface area contributed by atoms with Crippen LogP contribution in [0.2, 0.25) is 5.82 Å². The summed E-state index contributed by atoms with van der Waals surface area (Å²) in [7, 11) is 2.28. The molecule has 1 aromatic rings. The Bertz CT molecular complexity index is 327. The lowest BCUT2D eigenvalue weighted by Gasteiger charge is -2.20. The lowest BCUT2D eigenvalue weighted by atomic mass is 9.76. The predicted molar refractivity (Wildman–Crippen MR) is 63.2 cm³/mol. The molecule has 1 heterocycles. The third-order valence-electron chi connectivity index (χ3n) is 2.49. The summed E-state index contributed by atoms with van der Waals surface area (Å²) in [5.74, 6) is 1.63. The summed E-state index contributed by atoms with van der Waals surface area (Å²) in [6.45, 7) is 7.14. The Morgan fingerprint density at radius 3 is 2.93 bits per heavy atom. The first kappa shape index (κ1) is 10.6. The third-order valence-corrected chi connectivity index (χ3v) is 2.49. The highest BCUT2D eigenvalue weighted by atomic mass is 16.5. The molecular formula is C12H17BNO. The van der Waals surface area contributed by atoms with Gasteiger partial charge < -0.3 is 9.55 Å². The maximum absolute atomic E-state index is 5.70. The first-order valence-corrected chi connectivity index (χ1v) is 5.55. The lowest BCUT2D eigenvalue weighted by Crippen LogP contribution is -2.31. The van der Waals surface area contributed by atoms with E-state index in [1.807, 2.05) is 12.1 Å².